The molecule has 0 saturated carbocycles. The molecule has 0 unspecified atom stereocenters. The average molecular weight is 737 g/mol. The third-order valence-corrected chi connectivity index (χ3v) is 8.74. The maximum absolute atomic E-state index is 12.4. The van der Waals surface area contributed by atoms with Gasteiger partial charge in [0.15, 0.2) is 6.10 Å². The Bertz CT molecular complexity index is 1010. The van der Waals surface area contributed by atoms with Gasteiger partial charge in [0, 0.05) is 12.8 Å². The summed E-state index contributed by atoms with van der Waals surface area (Å²) in [6, 6.07) is 0. The number of hydrogen-bond donors (Lipinski definition) is 2. The second-order valence-corrected chi connectivity index (χ2v) is 14.5. The quantitative estimate of drug-likeness (QED) is 0.0282. The van der Waals surface area contributed by atoms with Gasteiger partial charge in [-0.05, 0) is 77.0 Å². The van der Waals surface area contributed by atoms with Gasteiger partial charge in [-0.2, -0.15) is 0 Å². The van der Waals surface area contributed by atoms with Gasteiger partial charge >= 0.3 is 19.8 Å². The summed E-state index contributed by atoms with van der Waals surface area (Å²) in [5.74, 6) is -0.963. The van der Waals surface area contributed by atoms with E-state index in [1.165, 1.54) is 77.0 Å². The normalized spacial score (nSPS) is 13.1. The molecule has 8 nitrogen and oxygen atoms in total. The molecule has 0 rings (SSSR count). The third kappa shape index (κ3) is 40.4. The topological polar surface area (TPSA) is 119 Å². The summed E-state index contributed by atoms with van der Waals surface area (Å²) in [5.41, 5.74) is 0. The van der Waals surface area contributed by atoms with Crippen LogP contribution in [0.2, 0.25) is 0 Å². The Balaban J connectivity index is 4.06. The summed E-state index contributed by atoms with van der Waals surface area (Å²) < 4.78 is 26.3. The largest absolute Gasteiger partial charge is 0.469 e. The molecule has 9 heteroatoms. The minimum atomic E-state index is -4.77. The summed E-state index contributed by atoms with van der Waals surface area (Å²) in [4.78, 5) is 42.7. The molecule has 0 amide bonds. The number of hydrogen-bond acceptors (Lipinski definition) is 6. The van der Waals surface area contributed by atoms with Crippen molar-refractivity contribution in [2.24, 2.45) is 0 Å². The van der Waals surface area contributed by atoms with Crippen LogP contribution >= 0.6 is 7.82 Å². The van der Waals surface area contributed by atoms with Gasteiger partial charge in [0.05, 0.1) is 6.61 Å². The van der Waals surface area contributed by atoms with Gasteiger partial charge in [0.25, 0.3) is 0 Å². The number of phosphoric ester groups is 1. The van der Waals surface area contributed by atoms with Gasteiger partial charge in [0.1, 0.15) is 6.61 Å². The van der Waals surface area contributed by atoms with Crippen LogP contribution in [0.3, 0.4) is 0 Å². The molecule has 0 bridgehead atoms. The average Bonchev–Trinajstić information content (AvgIpc) is 3.10. The van der Waals surface area contributed by atoms with Gasteiger partial charge in [-0.3, -0.25) is 14.1 Å². The summed E-state index contributed by atoms with van der Waals surface area (Å²) in [6.07, 6.45) is 46.6. The van der Waals surface area contributed by atoms with E-state index in [-0.39, 0.29) is 19.4 Å². The zero-order valence-electron chi connectivity index (χ0n) is 32.2. The van der Waals surface area contributed by atoms with Crippen LogP contribution in [0.25, 0.3) is 0 Å². The summed E-state index contributed by atoms with van der Waals surface area (Å²) in [6.45, 7) is 3.59. The number of esters is 2. The monoisotopic (exact) mass is 737 g/mol. The van der Waals surface area contributed by atoms with Crippen LogP contribution in [0.1, 0.15) is 174 Å². The van der Waals surface area contributed by atoms with E-state index in [0.717, 1.165) is 51.4 Å². The molecule has 1 atom stereocenters. The molecule has 0 aliphatic heterocycles. The van der Waals surface area contributed by atoms with Gasteiger partial charge in [-0.15, -0.1) is 0 Å². The number of ether oxygens (including phenoxy) is 2. The van der Waals surface area contributed by atoms with E-state index in [1.54, 1.807) is 0 Å². The number of phosphoric acid groups is 1. The first-order valence-electron chi connectivity index (χ1n) is 20.1. The molecule has 0 fully saturated rings. The zero-order chi connectivity index (χ0) is 37.5. The fraction of sp³-hybridized carbons (Fsp3) is 0.714. The van der Waals surface area contributed by atoms with Crippen LogP contribution in [-0.2, 0) is 28.2 Å². The van der Waals surface area contributed by atoms with E-state index in [1.807, 2.05) is 6.08 Å². The van der Waals surface area contributed by atoms with Gasteiger partial charge in [-0.1, -0.05) is 145 Å². The van der Waals surface area contributed by atoms with Gasteiger partial charge in [0.2, 0.25) is 0 Å². The van der Waals surface area contributed by atoms with Gasteiger partial charge in [-0.25, -0.2) is 4.57 Å². The Labute approximate surface area is 311 Å². The minimum Gasteiger partial charge on any atom is -0.462 e. The lowest BCUT2D eigenvalue weighted by Gasteiger charge is -2.18. The van der Waals surface area contributed by atoms with Crippen molar-refractivity contribution in [1.29, 1.82) is 0 Å². The summed E-state index contributed by atoms with van der Waals surface area (Å²) in [7, 11) is -4.77. The second kappa shape index (κ2) is 37.5. The Morgan fingerprint density at radius 1 is 0.510 bits per heavy atom. The van der Waals surface area contributed by atoms with E-state index in [4.69, 9.17) is 19.3 Å². The van der Waals surface area contributed by atoms with E-state index in [9.17, 15) is 14.2 Å². The van der Waals surface area contributed by atoms with Gasteiger partial charge < -0.3 is 19.3 Å². The number of allylic oxidation sites excluding steroid dienone is 10. The molecule has 0 spiro atoms. The lowest BCUT2D eigenvalue weighted by molar-refractivity contribution is -0.161. The predicted molar refractivity (Wildman–Crippen MR) is 211 cm³/mol. The highest BCUT2D eigenvalue weighted by molar-refractivity contribution is 7.46. The zero-order valence-corrected chi connectivity index (χ0v) is 33.1. The number of rotatable bonds is 36. The SMILES string of the molecule is CCCCC/C=C\C/C=C\C/C=C\C/C=C\CCCC(=O)O[C@H](COC(=O)CCCCCCC/C=C\CCCCCCCCC)COP(=O)(O)O. The van der Waals surface area contributed by atoms with Crippen LogP contribution in [0.15, 0.2) is 60.8 Å². The fourth-order valence-electron chi connectivity index (χ4n) is 5.24. The Morgan fingerprint density at radius 3 is 1.43 bits per heavy atom. The third-order valence-electron chi connectivity index (χ3n) is 8.26. The van der Waals surface area contributed by atoms with Crippen molar-refractivity contribution in [3.63, 3.8) is 0 Å². The fourth-order valence-corrected chi connectivity index (χ4v) is 5.60. The molecule has 0 aromatic heterocycles. The first kappa shape index (κ1) is 48.8. The highest BCUT2D eigenvalue weighted by Crippen LogP contribution is 2.36. The van der Waals surface area contributed by atoms with Crippen molar-refractivity contribution in [2.75, 3.05) is 13.2 Å². The summed E-state index contributed by atoms with van der Waals surface area (Å²) in [5, 5.41) is 0. The number of carbonyl (C=O) groups excluding carboxylic acids is 2. The molecular formula is C42H73O8P. The van der Waals surface area contributed by atoms with E-state index >= 15 is 0 Å². The maximum atomic E-state index is 12.4. The van der Waals surface area contributed by atoms with Crippen molar-refractivity contribution < 1.29 is 37.9 Å². The van der Waals surface area contributed by atoms with Crippen LogP contribution in [0.5, 0.6) is 0 Å². The Morgan fingerprint density at radius 2 is 0.902 bits per heavy atom. The molecule has 0 aliphatic rings. The first-order chi connectivity index (χ1) is 24.8. The Hall–Kier alpha value is -2.25. The van der Waals surface area contributed by atoms with Crippen molar-refractivity contribution in [2.45, 2.75) is 180 Å². The number of carbonyl (C=O) groups is 2. The minimum absolute atomic E-state index is 0.132. The van der Waals surface area contributed by atoms with Crippen molar-refractivity contribution in [1.82, 2.24) is 0 Å². The second-order valence-electron chi connectivity index (χ2n) is 13.2. The van der Waals surface area contributed by atoms with E-state index < -0.39 is 32.5 Å². The molecule has 0 heterocycles. The molecule has 0 aromatic rings. The van der Waals surface area contributed by atoms with Crippen LogP contribution in [0.4, 0.5) is 0 Å². The lowest BCUT2D eigenvalue weighted by atomic mass is 10.1. The van der Waals surface area contributed by atoms with E-state index in [2.05, 4.69) is 73.1 Å². The highest BCUT2D eigenvalue weighted by atomic mass is 31.2. The molecule has 51 heavy (non-hydrogen) atoms. The molecule has 0 aliphatic carbocycles. The molecule has 294 valence electrons. The standard InChI is InChI=1S/C42H73O8P/c1-3-5-7-9-11-13-15-17-19-21-23-25-27-29-31-33-35-37-42(44)50-40(39-49-51(45,46)47)38-48-41(43)36-34-32-30-28-26-24-22-20-18-16-14-12-10-8-6-4-2/h11,13,17,19-20,22-23,25,29,31,40H,3-10,12,14-16,18,21,24,26-28,30,32-39H2,1-2H3,(H2,45,46,47)/b13-11-,19-17-,22-20-,25-23-,31-29-/t40-/m1/s1. The van der Waals surface area contributed by atoms with Crippen LogP contribution in [-0.4, -0.2) is 41.0 Å². The lowest BCUT2D eigenvalue weighted by Crippen LogP contribution is -2.29. The molecule has 2 N–H and O–H groups in total. The summed E-state index contributed by atoms with van der Waals surface area (Å²) >= 11 is 0. The van der Waals surface area contributed by atoms with Crippen molar-refractivity contribution in [3.8, 4) is 0 Å². The molecule has 0 saturated heterocycles. The first-order valence-corrected chi connectivity index (χ1v) is 21.6. The predicted octanol–water partition coefficient (Wildman–Crippen LogP) is 12.1. The van der Waals surface area contributed by atoms with Crippen molar-refractivity contribution >= 4 is 19.8 Å². The maximum Gasteiger partial charge on any atom is 0.469 e. The number of unbranched alkanes of at least 4 members (excludes halogenated alkanes) is 16. The molecule has 0 aromatic carbocycles. The highest BCUT2D eigenvalue weighted by Gasteiger charge is 2.22. The van der Waals surface area contributed by atoms with Crippen LogP contribution < -0.4 is 0 Å². The van der Waals surface area contributed by atoms with Crippen molar-refractivity contribution in [3.05, 3.63) is 60.8 Å². The molecule has 0 radical (unpaired) electrons. The van der Waals surface area contributed by atoms with E-state index in [0.29, 0.717) is 19.3 Å². The Kier molecular flexibility index (Phi) is 35.9. The molecular weight excluding hydrogens is 663 g/mol. The smallest absolute Gasteiger partial charge is 0.462 e. The van der Waals surface area contributed by atoms with Crippen LogP contribution in [0, 0.1) is 0 Å².